The molecule has 0 bridgehead atoms. The highest BCUT2D eigenvalue weighted by molar-refractivity contribution is 9.10. The molecule has 0 spiro atoms. The standard InChI is InChI=1S/C12H15BrO2/c1-15-11-7-9(13)5-6-10(11)12(14)8-3-2-4-8/h5-8,12,14H,2-4H2,1H3. The van der Waals surface area contributed by atoms with Gasteiger partial charge < -0.3 is 9.84 Å². The zero-order chi connectivity index (χ0) is 10.8. The highest BCUT2D eigenvalue weighted by Crippen LogP contribution is 2.41. The van der Waals surface area contributed by atoms with Crippen LogP contribution in [0.25, 0.3) is 0 Å². The molecule has 15 heavy (non-hydrogen) atoms. The lowest BCUT2D eigenvalue weighted by molar-refractivity contribution is 0.0600. The fourth-order valence-electron chi connectivity index (χ4n) is 1.94. The number of ether oxygens (including phenoxy) is 1. The lowest BCUT2D eigenvalue weighted by Crippen LogP contribution is -2.20. The molecule has 1 fully saturated rings. The number of hydrogen-bond donors (Lipinski definition) is 1. The third-order valence-electron chi connectivity index (χ3n) is 3.11. The van der Waals surface area contributed by atoms with Crippen LogP contribution in [0.2, 0.25) is 0 Å². The van der Waals surface area contributed by atoms with Crippen LogP contribution in [0.4, 0.5) is 0 Å². The Hall–Kier alpha value is -0.540. The Labute approximate surface area is 98.4 Å². The number of aliphatic hydroxyl groups is 1. The summed E-state index contributed by atoms with van der Waals surface area (Å²) >= 11 is 3.39. The second-order valence-corrected chi connectivity index (χ2v) is 4.94. The number of aliphatic hydroxyl groups excluding tert-OH is 1. The number of benzene rings is 1. The van der Waals surface area contributed by atoms with Gasteiger partial charge in [-0.05, 0) is 30.9 Å². The smallest absolute Gasteiger partial charge is 0.125 e. The maximum atomic E-state index is 10.1. The van der Waals surface area contributed by atoms with Crippen molar-refractivity contribution in [2.45, 2.75) is 25.4 Å². The van der Waals surface area contributed by atoms with Gasteiger partial charge in [0.25, 0.3) is 0 Å². The summed E-state index contributed by atoms with van der Waals surface area (Å²) in [5, 5.41) is 10.1. The molecule has 0 saturated heterocycles. The maximum absolute atomic E-state index is 10.1. The summed E-state index contributed by atoms with van der Waals surface area (Å²) in [6, 6.07) is 5.78. The van der Waals surface area contributed by atoms with Gasteiger partial charge in [-0.1, -0.05) is 28.4 Å². The lowest BCUT2D eigenvalue weighted by Gasteiger charge is -2.31. The van der Waals surface area contributed by atoms with Crippen molar-refractivity contribution in [3.8, 4) is 5.75 Å². The molecule has 1 saturated carbocycles. The van der Waals surface area contributed by atoms with Crippen LogP contribution in [0.1, 0.15) is 30.9 Å². The number of rotatable bonds is 3. The van der Waals surface area contributed by atoms with E-state index in [1.54, 1.807) is 7.11 Å². The predicted molar refractivity (Wildman–Crippen MR) is 63.0 cm³/mol. The largest absolute Gasteiger partial charge is 0.496 e. The van der Waals surface area contributed by atoms with Gasteiger partial charge in [0.15, 0.2) is 0 Å². The van der Waals surface area contributed by atoms with E-state index in [0.717, 1.165) is 28.6 Å². The molecular formula is C12H15BrO2. The van der Waals surface area contributed by atoms with Crippen molar-refractivity contribution < 1.29 is 9.84 Å². The molecular weight excluding hydrogens is 256 g/mol. The van der Waals surface area contributed by atoms with Gasteiger partial charge in [0.05, 0.1) is 13.2 Å². The van der Waals surface area contributed by atoms with Crippen LogP contribution in [0.3, 0.4) is 0 Å². The van der Waals surface area contributed by atoms with E-state index in [1.165, 1.54) is 6.42 Å². The molecule has 2 nitrogen and oxygen atoms in total. The highest BCUT2D eigenvalue weighted by atomic mass is 79.9. The molecule has 0 radical (unpaired) electrons. The van der Waals surface area contributed by atoms with E-state index in [-0.39, 0.29) is 6.10 Å². The van der Waals surface area contributed by atoms with Crippen LogP contribution in [-0.2, 0) is 0 Å². The number of hydrogen-bond acceptors (Lipinski definition) is 2. The van der Waals surface area contributed by atoms with Gasteiger partial charge >= 0.3 is 0 Å². The minimum absolute atomic E-state index is 0.373. The van der Waals surface area contributed by atoms with Crippen molar-refractivity contribution in [1.29, 1.82) is 0 Å². The Morgan fingerprint density at radius 1 is 1.47 bits per heavy atom. The molecule has 3 heteroatoms. The third-order valence-corrected chi connectivity index (χ3v) is 3.60. The monoisotopic (exact) mass is 270 g/mol. The van der Waals surface area contributed by atoms with E-state index in [4.69, 9.17) is 4.74 Å². The molecule has 0 aliphatic heterocycles. The molecule has 1 aliphatic carbocycles. The molecule has 1 aliphatic rings. The molecule has 1 aromatic carbocycles. The van der Waals surface area contributed by atoms with Crippen molar-refractivity contribution in [2.24, 2.45) is 5.92 Å². The van der Waals surface area contributed by atoms with Crippen LogP contribution in [0.15, 0.2) is 22.7 Å². The van der Waals surface area contributed by atoms with Crippen molar-refractivity contribution in [3.63, 3.8) is 0 Å². The second kappa shape index (κ2) is 4.54. The van der Waals surface area contributed by atoms with Crippen molar-refractivity contribution in [2.75, 3.05) is 7.11 Å². The lowest BCUT2D eigenvalue weighted by atomic mass is 9.78. The Bertz CT molecular complexity index is 347. The topological polar surface area (TPSA) is 29.5 Å². The van der Waals surface area contributed by atoms with Crippen molar-refractivity contribution in [1.82, 2.24) is 0 Å². The quantitative estimate of drug-likeness (QED) is 0.914. The Morgan fingerprint density at radius 3 is 2.73 bits per heavy atom. The zero-order valence-corrected chi connectivity index (χ0v) is 10.3. The normalized spacial score (nSPS) is 18.3. The van der Waals surface area contributed by atoms with E-state index < -0.39 is 0 Å². The second-order valence-electron chi connectivity index (χ2n) is 4.02. The van der Waals surface area contributed by atoms with Gasteiger partial charge in [-0.3, -0.25) is 0 Å². The summed E-state index contributed by atoms with van der Waals surface area (Å²) in [6.07, 6.45) is 3.11. The maximum Gasteiger partial charge on any atom is 0.125 e. The molecule has 1 atom stereocenters. The minimum Gasteiger partial charge on any atom is -0.496 e. The summed E-state index contributed by atoms with van der Waals surface area (Å²) in [7, 11) is 1.64. The first-order valence-corrected chi connectivity index (χ1v) is 6.03. The number of halogens is 1. The molecule has 0 aromatic heterocycles. The fourth-order valence-corrected chi connectivity index (χ4v) is 2.28. The van der Waals surface area contributed by atoms with Crippen molar-refractivity contribution in [3.05, 3.63) is 28.2 Å². The SMILES string of the molecule is COc1cc(Br)ccc1C(O)C1CCC1. The summed E-state index contributed by atoms with van der Waals surface area (Å²) in [5.41, 5.74) is 0.908. The molecule has 2 rings (SSSR count). The van der Waals surface area contributed by atoms with Gasteiger partial charge in [0, 0.05) is 10.0 Å². The summed E-state index contributed by atoms with van der Waals surface area (Å²) in [5.74, 6) is 1.18. The molecule has 1 aromatic rings. The van der Waals surface area contributed by atoms with Crippen LogP contribution in [0.5, 0.6) is 5.75 Å². The van der Waals surface area contributed by atoms with Crippen LogP contribution in [0, 0.1) is 5.92 Å². The first-order valence-electron chi connectivity index (χ1n) is 5.24. The van der Waals surface area contributed by atoms with Gasteiger partial charge in [0.1, 0.15) is 5.75 Å². The fraction of sp³-hybridized carbons (Fsp3) is 0.500. The van der Waals surface area contributed by atoms with E-state index in [1.807, 2.05) is 18.2 Å². The van der Waals surface area contributed by atoms with Crippen LogP contribution >= 0.6 is 15.9 Å². The average molecular weight is 271 g/mol. The first kappa shape index (κ1) is 11.0. The summed E-state index contributed by atoms with van der Waals surface area (Å²) in [6.45, 7) is 0. The van der Waals surface area contributed by atoms with E-state index in [0.29, 0.717) is 5.92 Å². The summed E-state index contributed by atoms with van der Waals surface area (Å²) in [4.78, 5) is 0. The minimum atomic E-state index is -0.373. The average Bonchev–Trinajstić information content (AvgIpc) is 2.14. The zero-order valence-electron chi connectivity index (χ0n) is 8.74. The first-order chi connectivity index (χ1) is 7.22. The molecule has 0 heterocycles. The van der Waals surface area contributed by atoms with E-state index in [2.05, 4.69) is 15.9 Å². The third kappa shape index (κ3) is 2.18. The Morgan fingerprint density at radius 2 is 2.20 bits per heavy atom. The molecule has 1 N–H and O–H groups in total. The Kier molecular flexibility index (Phi) is 3.32. The van der Waals surface area contributed by atoms with Gasteiger partial charge in [0.2, 0.25) is 0 Å². The van der Waals surface area contributed by atoms with E-state index in [9.17, 15) is 5.11 Å². The van der Waals surface area contributed by atoms with Crippen molar-refractivity contribution >= 4 is 15.9 Å². The number of methoxy groups -OCH3 is 1. The Balaban J connectivity index is 2.25. The van der Waals surface area contributed by atoms with Gasteiger partial charge in [-0.25, -0.2) is 0 Å². The van der Waals surface area contributed by atoms with Crippen LogP contribution < -0.4 is 4.74 Å². The summed E-state index contributed by atoms with van der Waals surface area (Å²) < 4.78 is 6.25. The molecule has 0 amide bonds. The van der Waals surface area contributed by atoms with E-state index >= 15 is 0 Å². The van der Waals surface area contributed by atoms with Crippen LogP contribution in [-0.4, -0.2) is 12.2 Å². The predicted octanol–water partition coefficient (Wildman–Crippen LogP) is 3.29. The van der Waals surface area contributed by atoms with Gasteiger partial charge in [-0.15, -0.1) is 0 Å². The molecule has 82 valence electrons. The molecule has 1 unspecified atom stereocenters. The van der Waals surface area contributed by atoms with Gasteiger partial charge in [-0.2, -0.15) is 0 Å². The highest BCUT2D eigenvalue weighted by Gasteiger charge is 2.28.